The second-order valence-electron chi connectivity index (χ2n) is 7.55. The van der Waals surface area contributed by atoms with E-state index in [1.54, 1.807) is 12.1 Å². The summed E-state index contributed by atoms with van der Waals surface area (Å²) in [4.78, 5) is 4.56. The van der Waals surface area contributed by atoms with Crippen LogP contribution in [0, 0.1) is 17.8 Å². The molecule has 2 aliphatic carbocycles. The number of rotatable bonds is 6. The van der Waals surface area contributed by atoms with Gasteiger partial charge >= 0.3 is 0 Å². The molecular formula is C18H27N3O3S. The zero-order chi connectivity index (χ0) is 17.3. The maximum absolute atomic E-state index is 12.6. The highest BCUT2D eigenvalue weighted by molar-refractivity contribution is 7.89. The second kappa shape index (κ2) is 7.21. The summed E-state index contributed by atoms with van der Waals surface area (Å²) < 4.78 is 31.8. The average Bonchev–Trinajstić information content (AvgIpc) is 3.26. The van der Waals surface area contributed by atoms with E-state index in [2.05, 4.69) is 10.3 Å². The number of aromatic nitrogens is 1. The SMILES string of the molecule is O=S(=O)(c1ccc(NCC[C@@H]2C[C@H]3CC[C@H]2C3)nc1)N1CCOCC1. The average molecular weight is 365 g/mol. The highest BCUT2D eigenvalue weighted by atomic mass is 32.2. The van der Waals surface area contributed by atoms with E-state index in [9.17, 15) is 8.42 Å². The predicted molar refractivity (Wildman–Crippen MR) is 95.9 cm³/mol. The summed E-state index contributed by atoms with van der Waals surface area (Å²) in [6, 6.07) is 3.42. The Morgan fingerprint density at radius 1 is 1.20 bits per heavy atom. The summed E-state index contributed by atoms with van der Waals surface area (Å²) in [6.07, 6.45) is 8.35. The van der Waals surface area contributed by atoms with Gasteiger partial charge in [-0.3, -0.25) is 0 Å². The van der Waals surface area contributed by atoms with Crippen molar-refractivity contribution in [2.45, 2.75) is 37.0 Å². The lowest BCUT2D eigenvalue weighted by molar-refractivity contribution is 0.0730. The van der Waals surface area contributed by atoms with E-state index < -0.39 is 10.0 Å². The Morgan fingerprint density at radius 2 is 2.04 bits per heavy atom. The number of hydrogen-bond donors (Lipinski definition) is 1. The quantitative estimate of drug-likeness (QED) is 0.838. The van der Waals surface area contributed by atoms with Gasteiger partial charge < -0.3 is 10.1 Å². The van der Waals surface area contributed by atoms with Crippen molar-refractivity contribution in [2.24, 2.45) is 17.8 Å². The molecule has 1 aromatic heterocycles. The van der Waals surface area contributed by atoms with Crippen LogP contribution in [0.5, 0.6) is 0 Å². The third-order valence-corrected chi connectivity index (χ3v) is 7.93. The summed E-state index contributed by atoms with van der Waals surface area (Å²) >= 11 is 0. The van der Waals surface area contributed by atoms with Crippen LogP contribution < -0.4 is 5.32 Å². The molecule has 2 bridgehead atoms. The fourth-order valence-electron chi connectivity index (χ4n) is 4.69. The maximum atomic E-state index is 12.6. The van der Waals surface area contributed by atoms with Crippen LogP contribution in [0.2, 0.25) is 0 Å². The van der Waals surface area contributed by atoms with E-state index in [-0.39, 0.29) is 4.90 Å². The van der Waals surface area contributed by atoms with Crippen molar-refractivity contribution in [1.29, 1.82) is 0 Å². The van der Waals surface area contributed by atoms with Crippen LogP contribution in [0.1, 0.15) is 32.1 Å². The first kappa shape index (κ1) is 17.2. The Balaban J connectivity index is 1.31. The van der Waals surface area contributed by atoms with Crippen molar-refractivity contribution in [1.82, 2.24) is 9.29 Å². The number of anilines is 1. The Morgan fingerprint density at radius 3 is 2.68 bits per heavy atom. The zero-order valence-electron chi connectivity index (χ0n) is 14.6. The van der Waals surface area contributed by atoms with Crippen LogP contribution in [-0.2, 0) is 14.8 Å². The third-order valence-electron chi connectivity index (χ3n) is 6.05. The monoisotopic (exact) mass is 365 g/mol. The van der Waals surface area contributed by atoms with Gasteiger partial charge in [0.1, 0.15) is 10.7 Å². The molecule has 3 aliphatic rings. The van der Waals surface area contributed by atoms with E-state index in [1.165, 1.54) is 42.6 Å². The smallest absolute Gasteiger partial charge is 0.244 e. The molecule has 3 fully saturated rings. The van der Waals surface area contributed by atoms with Gasteiger partial charge in [0.05, 0.1) is 13.2 Å². The molecule has 1 aromatic rings. The van der Waals surface area contributed by atoms with Gasteiger partial charge in [0.15, 0.2) is 0 Å². The van der Waals surface area contributed by atoms with Crippen molar-refractivity contribution in [3.63, 3.8) is 0 Å². The zero-order valence-corrected chi connectivity index (χ0v) is 15.4. The Bertz CT molecular complexity index is 686. The molecule has 1 saturated heterocycles. The molecule has 0 radical (unpaired) electrons. The molecule has 2 heterocycles. The first-order valence-electron chi connectivity index (χ1n) is 9.41. The number of nitrogens with zero attached hydrogens (tertiary/aromatic N) is 2. The number of pyridine rings is 1. The molecule has 1 N–H and O–H groups in total. The molecule has 138 valence electrons. The summed E-state index contributed by atoms with van der Waals surface area (Å²) in [5.74, 6) is 3.55. The maximum Gasteiger partial charge on any atom is 0.244 e. The van der Waals surface area contributed by atoms with E-state index in [4.69, 9.17) is 4.74 Å². The summed E-state index contributed by atoms with van der Waals surface area (Å²) in [5.41, 5.74) is 0. The summed E-state index contributed by atoms with van der Waals surface area (Å²) in [7, 11) is -3.46. The van der Waals surface area contributed by atoms with E-state index >= 15 is 0 Å². The topological polar surface area (TPSA) is 71.5 Å². The van der Waals surface area contributed by atoms with Gasteiger partial charge in [-0.05, 0) is 55.6 Å². The first-order valence-corrected chi connectivity index (χ1v) is 10.8. The lowest BCUT2D eigenvalue weighted by atomic mass is 9.86. The van der Waals surface area contributed by atoms with Crippen LogP contribution in [0.15, 0.2) is 23.2 Å². The Labute approximate surface area is 150 Å². The number of nitrogens with one attached hydrogen (secondary N) is 1. The van der Waals surface area contributed by atoms with Crippen LogP contribution in [0.3, 0.4) is 0 Å². The van der Waals surface area contributed by atoms with Crippen molar-refractivity contribution in [3.05, 3.63) is 18.3 Å². The van der Waals surface area contributed by atoms with Gasteiger partial charge in [-0.25, -0.2) is 13.4 Å². The number of hydrogen-bond acceptors (Lipinski definition) is 5. The van der Waals surface area contributed by atoms with Crippen molar-refractivity contribution < 1.29 is 13.2 Å². The molecule has 3 atom stereocenters. The van der Waals surface area contributed by atoms with Crippen molar-refractivity contribution in [2.75, 3.05) is 38.2 Å². The molecule has 0 amide bonds. The standard InChI is InChI=1S/C18H27N3O3S/c22-25(23,21-7-9-24-10-8-21)17-3-4-18(20-13-17)19-6-5-16-12-14-1-2-15(16)11-14/h3-4,13-16H,1-2,5-12H2,(H,19,20)/t14-,15-,16+/m0/s1. The largest absolute Gasteiger partial charge is 0.379 e. The van der Waals surface area contributed by atoms with Crippen molar-refractivity contribution >= 4 is 15.8 Å². The fraction of sp³-hybridized carbons (Fsp3) is 0.722. The Kier molecular flexibility index (Phi) is 4.97. The number of sulfonamides is 1. The molecular weight excluding hydrogens is 338 g/mol. The highest BCUT2D eigenvalue weighted by Crippen LogP contribution is 2.49. The van der Waals surface area contributed by atoms with Crippen LogP contribution in [-0.4, -0.2) is 50.6 Å². The molecule has 0 unspecified atom stereocenters. The fourth-order valence-corrected chi connectivity index (χ4v) is 6.04. The minimum absolute atomic E-state index is 0.257. The van der Waals surface area contributed by atoms with Crippen LogP contribution in [0.25, 0.3) is 0 Å². The molecule has 25 heavy (non-hydrogen) atoms. The lowest BCUT2D eigenvalue weighted by Gasteiger charge is -2.25. The third kappa shape index (κ3) is 3.68. The minimum Gasteiger partial charge on any atom is -0.379 e. The van der Waals surface area contributed by atoms with E-state index in [1.807, 2.05) is 0 Å². The van der Waals surface area contributed by atoms with E-state index in [0.717, 1.165) is 30.1 Å². The summed E-state index contributed by atoms with van der Waals surface area (Å²) in [5, 5.41) is 3.35. The minimum atomic E-state index is -3.46. The van der Waals surface area contributed by atoms with Gasteiger partial charge in [0, 0.05) is 25.8 Å². The summed E-state index contributed by atoms with van der Waals surface area (Å²) in [6.45, 7) is 2.64. The molecule has 0 spiro atoms. The van der Waals surface area contributed by atoms with Gasteiger partial charge in [0.25, 0.3) is 0 Å². The van der Waals surface area contributed by atoms with Crippen LogP contribution >= 0.6 is 0 Å². The van der Waals surface area contributed by atoms with Crippen molar-refractivity contribution in [3.8, 4) is 0 Å². The number of fused-ring (bicyclic) bond motifs is 2. The second-order valence-corrected chi connectivity index (χ2v) is 9.48. The molecule has 2 saturated carbocycles. The highest BCUT2D eigenvalue weighted by Gasteiger charge is 2.38. The molecule has 7 heteroatoms. The van der Waals surface area contributed by atoms with Crippen LogP contribution in [0.4, 0.5) is 5.82 Å². The van der Waals surface area contributed by atoms with Gasteiger partial charge in [0.2, 0.25) is 10.0 Å². The normalized spacial score (nSPS) is 29.8. The number of ether oxygens (including phenoxy) is 1. The number of morpholine rings is 1. The lowest BCUT2D eigenvalue weighted by Crippen LogP contribution is -2.40. The van der Waals surface area contributed by atoms with E-state index in [0.29, 0.717) is 26.3 Å². The molecule has 1 aliphatic heterocycles. The molecule has 4 rings (SSSR count). The predicted octanol–water partition coefficient (Wildman–Crippen LogP) is 2.34. The Hall–Kier alpha value is -1.18. The van der Waals surface area contributed by atoms with Gasteiger partial charge in [-0.15, -0.1) is 0 Å². The molecule has 6 nitrogen and oxygen atoms in total. The van der Waals surface area contributed by atoms with Gasteiger partial charge in [-0.2, -0.15) is 4.31 Å². The van der Waals surface area contributed by atoms with Gasteiger partial charge in [-0.1, -0.05) is 6.42 Å². The molecule has 0 aromatic carbocycles. The first-order chi connectivity index (χ1) is 12.1.